The molecule has 0 radical (unpaired) electrons. The van der Waals surface area contributed by atoms with Crippen molar-refractivity contribution in [3.05, 3.63) is 28.8 Å². The fourth-order valence-electron chi connectivity index (χ4n) is 2.71. The van der Waals surface area contributed by atoms with E-state index in [4.69, 9.17) is 16.3 Å². The third-order valence-electron chi connectivity index (χ3n) is 3.20. The molecule has 0 aliphatic carbocycles. The van der Waals surface area contributed by atoms with E-state index < -0.39 is 0 Å². The summed E-state index contributed by atoms with van der Waals surface area (Å²) in [5.41, 5.74) is 1.60. The zero-order valence-corrected chi connectivity index (χ0v) is 15.1. The van der Waals surface area contributed by atoms with Crippen molar-refractivity contribution in [2.75, 3.05) is 6.61 Å². The van der Waals surface area contributed by atoms with Crippen molar-refractivity contribution < 1.29 is 4.74 Å². The van der Waals surface area contributed by atoms with E-state index in [1.165, 1.54) is 5.56 Å². The van der Waals surface area contributed by atoms with Crippen LogP contribution in [0.2, 0.25) is 5.02 Å². The highest BCUT2D eigenvalue weighted by Crippen LogP contribution is 2.28. The molecule has 0 saturated heterocycles. The minimum atomic E-state index is 0.0993. The second-order valence-electron chi connectivity index (χ2n) is 7.59. The minimum absolute atomic E-state index is 0.0993. The van der Waals surface area contributed by atoms with E-state index in [9.17, 15) is 0 Å². The Kier molecular flexibility index (Phi) is 6.55. The highest BCUT2D eigenvalue weighted by Gasteiger charge is 2.24. The summed E-state index contributed by atoms with van der Waals surface area (Å²) >= 11 is 6.27. The van der Waals surface area contributed by atoms with Crippen molar-refractivity contribution in [1.82, 2.24) is 5.32 Å². The molecule has 3 heteroatoms. The second-order valence-corrected chi connectivity index (χ2v) is 8.00. The standard InChI is InChI=1S/C18H30ClNO/c1-7-10-21-16-9-8-14(11-15(16)19)12-20-18(5,6)13-17(2,3)4/h8-9,11,20H,7,10,12-13H2,1-6H3. The molecule has 0 aromatic heterocycles. The van der Waals surface area contributed by atoms with Gasteiger partial charge in [-0.15, -0.1) is 0 Å². The van der Waals surface area contributed by atoms with Crippen LogP contribution in [-0.4, -0.2) is 12.1 Å². The Hall–Kier alpha value is -0.730. The predicted octanol–water partition coefficient (Wildman–Crippen LogP) is 5.43. The quantitative estimate of drug-likeness (QED) is 0.724. The number of halogens is 1. The molecule has 21 heavy (non-hydrogen) atoms. The van der Waals surface area contributed by atoms with Gasteiger partial charge in [0.05, 0.1) is 11.6 Å². The topological polar surface area (TPSA) is 21.3 Å². The van der Waals surface area contributed by atoms with Gasteiger partial charge in [0.15, 0.2) is 0 Å². The SMILES string of the molecule is CCCOc1ccc(CNC(C)(C)CC(C)(C)C)cc1Cl. The number of ether oxygens (including phenoxy) is 1. The largest absolute Gasteiger partial charge is 0.492 e. The smallest absolute Gasteiger partial charge is 0.137 e. The maximum Gasteiger partial charge on any atom is 0.137 e. The van der Waals surface area contributed by atoms with Crippen LogP contribution in [0.1, 0.15) is 59.9 Å². The van der Waals surface area contributed by atoms with Crippen LogP contribution in [-0.2, 0) is 6.54 Å². The Morgan fingerprint density at radius 1 is 1.14 bits per heavy atom. The zero-order chi connectivity index (χ0) is 16.1. The van der Waals surface area contributed by atoms with Gasteiger partial charge in [-0.25, -0.2) is 0 Å². The van der Waals surface area contributed by atoms with Crippen molar-refractivity contribution in [3.8, 4) is 5.75 Å². The van der Waals surface area contributed by atoms with Crippen LogP contribution in [0, 0.1) is 5.41 Å². The van der Waals surface area contributed by atoms with Crippen molar-refractivity contribution >= 4 is 11.6 Å². The Morgan fingerprint density at radius 3 is 2.33 bits per heavy atom. The van der Waals surface area contributed by atoms with E-state index in [0.29, 0.717) is 17.0 Å². The fourth-order valence-corrected chi connectivity index (χ4v) is 2.97. The molecule has 0 amide bonds. The molecule has 0 bridgehead atoms. The van der Waals surface area contributed by atoms with Crippen LogP contribution in [0.25, 0.3) is 0 Å². The Labute approximate surface area is 135 Å². The summed E-state index contributed by atoms with van der Waals surface area (Å²) in [7, 11) is 0. The Morgan fingerprint density at radius 2 is 1.81 bits per heavy atom. The molecule has 2 nitrogen and oxygen atoms in total. The molecule has 0 unspecified atom stereocenters. The Balaban J connectivity index is 2.61. The maximum absolute atomic E-state index is 6.27. The molecule has 1 aromatic carbocycles. The molecule has 0 heterocycles. The second kappa shape index (κ2) is 7.51. The van der Waals surface area contributed by atoms with Crippen molar-refractivity contribution in [1.29, 1.82) is 0 Å². The number of benzene rings is 1. The first-order chi connectivity index (χ1) is 9.63. The van der Waals surface area contributed by atoms with Gasteiger partial charge in [0.25, 0.3) is 0 Å². The number of rotatable bonds is 7. The van der Waals surface area contributed by atoms with Crippen molar-refractivity contribution in [3.63, 3.8) is 0 Å². The van der Waals surface area contributed by atoms with Crippen molar-refractivity contribution in [2.24, 2.45) is 5.41 Å². The van der Waals surface area contributed by atoms with Gasteiger partial charge >= 0.3 is 0 Å². The molecule has 0 aliphatic heterocycles. The van der Waals surface area contributed by atoms with Gasteiger partial charge in [0, 0.05) is 12.1 Å². The molecule has 0 fully saturated rings. The number of hydrogen-bond donors (Lipinski definition) is 1. The monoisotopic (exact) mass is 311 g/mol. The van der Waals surface area contributed by atoms with E-state index in [2.05, 4.69) is 52.9 Å². The highest BCUT2D eigenvalue weighted by molar-refractivity contribution is 6.32. The minimum Gasteiger partial charge on any atom is -0.492 e. The normalized spacial score (nSPS) is 12.5. The molecular formula is C18H30ClNO. The van der Waals surface area contributed by atoms with Gasteiger partial charge in [-0.05, 0) is 49.8 Å². The Bertz CT molecular complexity index is 449. The van der Waals surface area contributed by atoms with E-state index in [1.807, 2.05) is 12.1 Å². The highest BCUT2D eigenvalue weighted by atomic mass is 35.5. The predicted molar refractivity (Wildman–Crippen MR) is 92.2 cm³/mol. The summed E-state index contributed by atoms with van der Waals surface area (Å²) < 4.78 is 5.60. The summed E-state index contributed by atoms with van der Waals surface area (Å²) in [4.78, 5) is 0. The van der Waals surface area contributed by atoms with Gasteiger partial charge in [-0.2, -0.15) is 0 Å². The van der Waals surface area contributed by atoms with Crippen molar-refractivity contribution in [2.45, 2.75) is 66.5 Å². The van der Waals surface area contributed by atoms with Crippen LogP contribution in [0.3, 0.4) is 0 Å². The van der Waals surface area contributed by atoms with E-state index in [1.54, 1.807) is 0 Å². The zero-order valence-electron chi connectivity index (χ0n) is 14.3. The first-order valence-electron chi connectivity index (χ1n) is 7.79. The molecule has 0 aliphatic rings. The van der Waals surface area contributed by atoms with Gasteiger partial charge in [-0.1, -0.05) is 45.4 Å². The van der Waals surface area contributed by atoms with Gasteiger partial charge in [0.1, 0.15) is 5.75 Å². The maximum atomic E-state index is 6.27. The summed E-state index contributed by atoms with van der Waals surface area (Å²) in [5.74, 6) is 0.774. The molecule has 1 aromatic rings. The van der Waals surface area contributed by atoms with Gasteiger partial charge in [-0.3, -0.25) is 0 Å². The molecule has 0 saturated carbocycles. The molecular weight excluding hydrogens is 282 g/mol. The third kappa shape index (κ3) is 7.19. The third-order valence-corrected chi connectivity index (χ3v) is 3.50. The summed E-state index contributed by atoms with van der Waals surface area (Å²) in [6, 6.07) is 6.04. The average Bonchev–Trinajstić information content (AvgIpc) is 2.32. The lowest BCUT2D eigenvalue weighted by Gasteiger charge is -2.33. The fraction of sp³-hybridized carbons (Fsp3) is 0.667. The van der Waals surface area contributed by atoms with E-state index in [0.717, 1.165) is 25.1 Å². The molecule has 1 N–H and O–H groups in total. The molecule has 120 valence electrons. The average molecular weight is 312 g/mol. The number of hydrogen-bond acceptors (Lipinski definition) is 2. The first kappa shape index (κ1) is 18.3. The lowest BCUT2D eigenvalue weighted by molar-refractivity contribution is 0.240. The first-order valence-corrected chi connectivity index (χ1v) is 8.17. The van der Waals surface area contributed by atoms with Gasteiger partial charge in [0.2, 0.25) is 0 Å². The summed E-state index contributed by atoms with van der Waals surface area (Å²) in [6.45, 7) is 14.9. The molecule has 0 spiro atoms. The van der Waals surface area contributed by atoms with Crippen LogP contribution >= 0.6 is 11.6 Å². The van der Waals surface area contributed by atoms with E-state index >= 15 is 0 Å². The lowest BCUT2D eigenvalue weighted by Crippen LogP contribution is -2.41. The molecule has 1 rings (SSSR count). The summed E-state index contributed by atoms with van der Waals surface area (Å²) in [5, 5.41) is 4.31. The number of nitrogens with one attached hydrogen (secondary N) is 1. The van der Waals surface area contributed by atoms with Crippen LogP contribution in [0.5, 0.6) is 5.75 Å². The molecule has 0 atom stereocenters. The van der Waals surface area contributed by atoms with Crippen LogP contribution in [0.4, 0.5) is 0 Å². The van der Waals surface area contributed by atoms with Crippen LogP contribution < -0.4 is 10.1 Å². The van der Waals surface area contributed by atoms with Gasteiger partial charge < -0.3 is 10.1 Å². The van der Waals surface area contributed by atoms with E-state index in [-0.39, 0.29) is 5.54 Å². The lowest BCUT2D eigenvalue weighted by atomic mass is 9.82. The van der Waals surface area contributed by atoms with Crippen LogP contribution in [0.15, 0.2) is 18.2 Å². The summed E-state index contributed by atoms with van der Waals surface area (Å²) in [6.07, 6.45) is 2.10.